The van der Waals surface area contributed by atoms with Gasteiger partial charge in [0, 0.05) is 0 Å². The molecule has 0 aliphatic carbocycles. The molecule has 0 heterocycles. The first-order valence-electron chi connectivity index (χ1n) is 3.00. The Morgan fingerprint density at radius 1 is 1.25 bits per heavy atom. The minimum atomic E-state index is -0.833. The second-order valence-corrected chi connectivity index (χ2v) is 1.32. The molecule has 0 bridgehead atoms. The third-order valence-corrected chi connectivity index (χ3v) is 0.607. The molecular formula is C8H11MgO2P. The van der Waals surface area contributed by atoms with Crippen LogP contribution in [0.1, 0.15) is 6.92 Å². The fourth-order valence-electron chi connectivity index (χ4n) is 0.342. The van der Waals surface area contributed by atoms with Crippen molar-refractivity contribution in [1.82, 2.24) is 0 Å². The van der Waals surface area contributed by atoms with Crippen LogP contribution in [0.2, 0.25) is 0 Å². The van der Waals surface area contributed by atoms with Crippen molar-refractivity contribution in [3.05, 3.63) is 43.3 Å². The zero-order valence-electron chi connectivity index (χ0n) is 7.10. The van der Waals surface area contributed by atoms with Gasteiger partial charge in [-0.2, -0.15) is 43.3 Å². The molecule has 0 spiro atoms. The van der Waals surface area contributed by atoms with Gasteiger partial charge < -0.3 is 11.8 Å². The van der Waals surface area contributed by atoms with E-state index in [0.29, 0.717) is 0 Å². The quantitative estimate of drug-likeness (QED) is 0.390. The van der Waals surface area contributed by atoms with E-state index in [2.05, 4.69) is 13.0 Å². The molecule has 4 heteroatoms. The van der Waals surface area contributed by atoms with Gasteiger partial charge in [0.2, 0.25) is 0 Å². The average Bonchev–Trinajstić information content (AvgIpc) is 2.12. The third kappa shape index (κ3) is 22.5. The first-order valence-corrected chi connectivity index (χ1v) is 3.77. The van der Waals surface area contributed by atoms with Gasteiger partial charge in [-0.25, -0.2) is 4.57 Å². The molecule has 1 aromatic rings. The Morgan fingerprint density at radius 2 is 1.58 bits per heavy atom. The van der Waals surface area contributed by atoms with E-state index in [1.165, 1.54) is 0 Å². The van der Waals surface area contributed by atoms with Crippen molar-refractivity contribution in [3.8, 4) is 0 Å². The summed E-state index contributed by atoms with van der Waals surface area (Å²) in [6.07, 6.45) is 0. The fourth-order valence-corrected chi connectivity index (χ4v) is 0.342. The van der Waals surface area contributed by atoms with E-state index in [4.69, 9.17) is 9.46 Å². The minimum absolute atomic E-state index is 0. The van der Waals surface area contributed by atoms with Crippen LogP contribution < -0.4 is 0 Å². The summed E-state index contributed by atoms with van der Waals surface area (Å²) in [5.41, 5.74) is 0. The van der Waals surface area contributed by atoms with Crippen LogP contribution >= 0.6 is 8.69 Å². The van der Waals surface area contributed by atoms with E-state index in [1.807, 2.05) is 30.3 Å². The van der Waals surface area contributed by atoms with Crippen molar-refractivity contribution >= 4 is 31.7 Å². The first-order chi connectivity index (χ1) is 5.41. The van der Waals surface area contributed by atoms with Crippen LogP contribution in [0, 0.1) is 13.0 Å². The Morgan fingerprint density at radius 3 is 1.67 bits per heavy atom. The standard InChI is InChI=1S/C6H5.C2H5.Mg.HO2P/c1-2-4-6-5-3-1;1-2;;1-3-2/h1-5H;1H2,2H3;;(H,1,2)/q2*-1;+2;. The molecule has 0 unspecified atom stereocenters. The molecule has 0 radical (unpaired) electrons. The number of hydrogen-bond acceptors (Lipinski definition) is 1. The second-order valence-electron chi connectivity index (χ2n) is 1.16. The van der Waals surface area contributed by atoms with Gasteiger partial charge in [-0.15, -0.1) is 0 Å². The Hall–Kier alpha value is 0.0462. The monoisotopic (exact) mass is 194 g/mol. The van der Waals surface area contributed by atoms with Gasteiger partial charge >= 0.3 is 31.7 Å². The van der Waals surface area contributed by atoms with Crippen LogP contribution in [0.25, 0.3) is 0 Å². The van der Waals surface area contributed by atoms with E-state index in [9.17, 15) is 0 Å². The molecule has 0 saturated carbocycles. The van der Waals surface area contributed by atoms with Crippen molar-refractivity contribution in [1.29, 1.82) is 0 Å². The smallest absolute Gasteiger partial charge is 0.346 e. The molecule has 0 aliphatic heterocycles. The van der Waals surface area contributed by atoms with Gasteiger partial charge in [-0.3, -0.25) is 0 Å². The Kier molecular flexibility index (Phi) is 33.6. The molecule has 1 rings (SSSR count). The number of hydrogen-bond donors (Lipinski definition) is 1. The second kappa shape index (κ2) is 22.5. The fraction of sp³-hybridized carbons (Fsp3) is 0.125. The van der Waals surface area contributed by atoms with Crippen molar-refractivity contribution in [2.75, 3.05) is 0 Å². The zero-order chi connectivity index (χ0) is 8.95. The molecule has 12 heavy (non-hydrogen) atoms. The van der Waals surface area contributed by atoms with Crippen molar-refractivity contribution in [2.24, 2.45) is 0 Å². The van der Waals surface area contributed by atoms with Crippen molar-refractivity contribution in [3.63, 3.8) is 0 Å². The molecule has 0 aliphatic rings. The SMILES string of the molecule is O=PO.[CH2-]C.[Mg+2].[c-]1ccccc1. The zero-order valence-corrected chi connectivity index (χ0v) is 9.41. The maximum absolute atomic E-state index is 8.46. The largest absolute Gasteiger partial charge is 2.00 e. The summed E-state index contributed by atoms with van der Waals surface area (Å²) in [5.74, 6) is 0. The molecule has 1 aromatic carbocycles. The van der Waals surface area contributed by atoms with E-state index in [1.54, 1.807) is 6.92 Å². The predicted octanol–water partition coefficient (Wildman–Crippen LogP) is 2.13. The van der Waals surface area contributed by atoms with Crippen LogP contribution in [0.5, 0.6) is 0 Å². The molecule has 0 saturated heterocycles. The van der Waals surface area contributed by atoms with Crippen LogP contribution in [-0.2, 0) is 4.57 Å². The maximum atomic E-state index is 8.46. The molecule has 0 amide bonds. The normalized spacial score (nSPS) is 6.25. The molecule has 0 aromatic heterocycles. The van der Waals surface area contributed by atoms with Crippen molar-refractivity contribution < 1.29 is 9.46 Å². The van der Waals surface area contributed by atoms with Crippen LogP contribution in [-0.4, -0.2) is 27.9 Å². The molecule has 2 nitrogen and oxygen atoms in total. The van der Waals surface area contributed by atoms with Gasteiger partial charge in [-0.05, 0) is 0 Å². The van der Waals surface area contributed by atoms with E-state index >= 15 is 0 Å². The molecule has 62 valence electrons. The summed E-state index contributed by atoms with van der Waals surface area (Å²) >= 11 is 0. The number of benzene rings is 1. The van der Waals surface area contributed by atoms with E-state index in [-0.39, 0.29) is 23.1 Å². The molecule has 1 N–H and O–H groups in total. The summed E-state index contributed by atoms with van der Waals surface area (Å²) in [6.45, 7) is 5.00. The van der Waals surface area contributed by atoms with Gasteiger partial charge in [0.05, 0.1) is 0 Å². The minimum Gasteiger partial charge on any atom is -0.346 e. The molecule has 0 fully saturated rings. The van der Waals surface area contributed by atoms with Gasteiger partial charge in [0.15, 0.2) is 0 Å². The van der Waals surface area contributed by atoms with Crippen molar-refractivity contribution in [2.45, 2.75) is 6.92 Å². The first kappa shape index (κ1) is 18.0. The van der Waals surface area contributed by atoms with Gasteiger partial charge in [0.1, 0.15) is 0 Å². The Balaban J connectivity index is -0.000000119. The Labute approximate surface area is 91.4 Å². The summed E-state index contributed by atoms with van der Waals surface area (Å²) in [5, 5.41) is 0. The molecule has 0 atom stereocenters. The summed E-state index contributed by atoms with van der Waals surface area (Å²) in [7, 11) is -0.833. The average molecular weight is 194 g/mol. The maximum Gasteiger partial charge on any atom is 2.00 e. The summed E-state index contributed by atoms with van der Waals surface area (Å²) < 4.78 is 8.46. The van der Waals surface area contributed by atoms with E-state index in [0.717, 1.165) is 0 Å². The Bertz CT molecular complexity index is 120. The summed E-state index contributed by atoms with van der Waals surface area (Å²) in [6, 6.07) is 12.5. The topological polar surface area (TPSA) is 37.3 Å². The van der Waals surface area contributed by atoms with Crippen LogP contribution in [0.15, 0.2) is 30.3 Å². The summed E-state index contributed by atoms with van der Waals surface area (Å²) in [4.78, 5) is 6.99. The van der Waals surface area contributed by atoms with Crippen LogP contribution in [0.4, 0.5) is 0 Å². The van der Waals surface area contributed by atoms with Crippen LogP contribution in [0.3, 0.4) is 0 Å². The van der Waals surface area contributed by atoms with Gasteiger partial charge in [-0.1, -0.05) is 0 Å². The van der Waals surface area contributed by atoms with E-state index < -0.39 is 8.69 Å². The molecular weight excluding hydrogens is 183 g/mol. The predicted molar refractivity (Wildman–Crippen MR) is 51.9 cm³/mol. The third-order valence-electron chi connectivity index (χ3n) is 0.607. The number of rotatable bonds is 0. The van der Waals surface area contributed by atoms with Gasteiger partial charge in [0.25, 0.3) is 0 Å².